The molecular formula is C22H30N2O5. The lowest BCUT2D eigenvalue weighted by Crippen LogP contribution is -2.49. The molecule has 2 rings (SSSR count). The van der Waals surface area contributed by atoms with E-state index in [1.165, 1.54) is 0 Å². The molecule has 0 aromatic heterocycles. The second-order valence-corrected chi connectivity index (χ2v) is 7.51. The summed E-state index contributed by atoms with van der Waals surface area (Å²) in [5, 5.41) is 14.7. The molecule has 3 unspecified atom stereocenters. The minimum absolute atomic E-state index is 0.0366. The van der Waals surface area contributed by atoms with Crippen molar-refractivity contribution in [2.24, 2.45) is 11.8 Å². The van der Waals surface area contributed by atoms with Gasteiger partial charge in [0.25, 0.3) is 0 Å². The molecule has 0 radical (unpaired) electrons. The minimum Gasteiger partial charge on any atom is -0.463 e. The van der Waals surface area contributed by atoms with Gasteiger partial charge in [0.2, 0.25) is 11.8 Å². The van der Waals surface area contributed by atoms with Crippen LogP contribution in [0.4, 0.5) is 0 Å². The Kier molecular flexibility index (Phi) is 8.86. The Hall–Kier alpha value is -2.67. The fraction of sp³-hybridized carbons (Fsp3) is 0.500. The van der Waals surface area contributed by atoms with E-state index in [-0.39, 0.29) is 31.5 Å². The van der Waals surface area contributed by atoms with E-state index in [2.05, 4.69) is 10.6 Å². The first-order valence-electron chi connectivity index (χ1n) is 9.97. The number of ether oxygens (including phenoxy) is 1. The fourth-order valence-electron chi connectivity index (χ4n) is 3.03. The number of amides is 2. The second kappa shape index (κ2) is 11.4. The van der Waals surface area contributed by atoms with Gasteiger partial charge in [0.05, 0.1) is 18.6 Å². The Morgan fingerprint density at radius 1 is 1.24 bits per heavy atom. The third-order valence-corrected chi connectivity index (χ3v) is 4.82. The van der Waals surface area contributed by atoms with Gasteiger partial charge in [0.15, 0.2) is 0 Å². The second-order valence-electron chi connectivity index (χ2n) is 7.51. The van der Waals surface area contributed by atoms with Crippen LogP contribution in [-0.4, -0.2) is 48.2 Å². The predicted molar refractivity (Wildman–Crippen MR) is 109 cm³/mol. The van der Waals surface area contributed by atoms with E-state index in [0.717, 1.165) is 5.56 Å². The molecule has 0 aliphatic carbocycles. The van der Waals surface area contributed by atoms with Gasteiger partial charge in [-0.3, -0.25) is 14.4 Å². The van der Waals surface area contributed by atoms with Crippen LogP contribution in [0, 0.1) is 11.8 Å². The average Bonchev–Trinajstić information content (AvgIpc) is 2.71. The van der Waals surface area contributed by atoms with Crippen molar-refractivity contribution >= 4 is 17.8 Å². The smallest absolute Gasteiger partial charge is 0.309 e. The predicted octanol–water partition coefficient (Wildman–Crippen LogP) is 1.36. The Bertz CT molecular complexity index is 719. The zero-order valence-corrected chi connectivity index (χ0v) is 17.0. The molecule has 7 nitrogen and oxygen atoms in total. The van der Waals surface area contributed by atoms with Crippen LogP contribution in [0.2, 0.25) is 0 Å². The molecule has 1 aliphatic heterocycles. The van der Waals surface area contributed by atoms with Crippen LogP contribution in [0.1, 0.15) is 32.3 Å². The van der Waals surface area contributed by atoms with Crippen molar-refractivity contribution < 1.29 is 24.2 Å². The molecule has 158 valence electrons. The van der Waals surface area contributed by atoms with Crippen molar-refractivity contribution in [3.63, 3.8) is 0 Å². The number of hydrogen-bond acceptors (Lipinski definition) is 5. The van der Waals surface area contributed by atoms with Crippen LogP contribution >= 0.6 is 0 Å². The van der Waals surface area contributed by atoms with Crippen LogP contribution < -0.4 is 10.6 Å². The molecule has 29 heavy (non-hydrogen) atoms. The van der Waals surface area contributed by atoms with Crippen molar-refractivity contribution in [3.05, 3.63) is 48.0 Å². The third kappa shape index (κ3) is 7.34. The summed E-state index contributed by atoms with van der Waals surface area (Å²) >= 11 is 0. The van der Waals surface area contributed by atoms with Crippen molar-refractivity contribution in [1.82, 2.24) is 10.6 Å². The van der Waals surface area contributed by atoms with Gasteiger partial charge in [-0.1, -0.05) is 49.4 Å². The Morgan fingerprint density at radius 2 is 1.93 bits per heavy atom. The maximum Gasteiger partial charge on any atom is 0.309 e. The number of benzene rings is 1. The summed E-state index contributed by atoms with van der Waals surface area (Å²) in [6.45, 7) is 3.28. The van der Waals surface area contributed by atoms with Crippen LogP contribution in [0.3, 0.4) is 0 Å². The van der Waals surface area contributed by atoms with Gasteiger partial charge in [-0.15, -0.1) is 0 Å². The lowest BCUT2D eigenvalue weighted by Gasteiger charge is -2.24. The molecule has 0 saturated carbocycles. The average molecular weight is 402 g/mol. The summed E-state index contributed by atoms with van der Waals surface area (Å²) in [6, 6.07) is 8.68. The van der Waals surface area contributed by atoms with Crippen LogP contribution in [0.25, 0.3) is 0 Å². The number of aliphatic hydroxyl groups excluding tert-OH is 1. The van der Waals surface area contributed by atoms with Crippen molar-refractivity contribution in [3.8, 4) is 0 Å². The van der Waals surface area contributed by atoms with Gasteiger partial charge < -0.3 is 20.5 Å². The van der Waals surface area contributed by atoms with E-state index >= 15 is 0 Å². The number of cyclic esters (lactones) is 1. The highest BCUT2D eigenvalue weighted by Gasteiger charge is 2.29. The highest BCUT2D eigenvalue weighted by molar-refractivity contribution is 6.00. The zero-order chi connectivity index (χ0) is 21.2. The largest absolute Gasteiger partial charge is 0.463 e. The highest BCUT2D eigenvalue weighted by atomic mass is 16.5. The molecule has 2 amide bonds. The molecule has 4 atom stereocenters. The topological polar surface area (TPSA) is 105 Å². The molecule has 1 aliphatic rings. The van der Waals surface area contributed by atoms with Crippen LogP contribution in [0.5, 0.6) is 0 Å². The number of carbonyl (C=O) groups excluding carboxylic acids is 3. The fourth-order valence-corrected chi connectivity index (χ4v) is 3.03. The molecule has 1 heterocycles. The van der Waals surface area contributed by atoms with E-state index in [1.807, 2.05) is 30.3 Å². The molecule has 7 heteroatoms. The number of hydrogen-bond donors (Lipinski definition) is 3. The van der Waals surface area contributed by atoms with E-state index in [1.54, 1.807) is 26.0 Å². The van der Waals surface area contributed by atoms with Crippen molar-refractivity contribution in [2.45, 2.75) is 45.2 Å². The van der Waals surface area contributed by atoms with E-state index in [9.17, 15) is 19.5 Å². The van der Waals surface area contributed by atoms with Gasteiger partial charge in [-0.2, -0.15) is 0 Å². The van der Waals surface area contributed by atoms with E-state index in [4.69, 9.17) is 4.74 Å². The van der Waals surface area contributed by atoms with Gasteiger partial charge in [-0.05, 0) is 31.7 Å². The maximum atomic E-state index is 12.9. The first-order valence-corrected chi connectivity index (χ1v) is 9.97. The summed E-state index contributed by atoms with van der Waals surface area (Å²) in [5.74, 6) is -2.41. The number of carbonyl (C=O) groups is 3. The van der Waals surface area contributed by atoms with Crippen LogP contribution in [-0.2, 0) is 25.5 Å². The molecule has 0 spiro atoms. The molecule has 3 N–H and O–H groups in total. The molecule has 0 saturated heterocycles. The first-order chi connectivity index (χ1) is 13.9. The summed E-state index contributed by atoms with van der Waals surface area (Å²) in [6.07, 6.45) is 4.70. The summed E-state index contributed by atoms with van der Waals surface area (Å²) in [5.41, 5.74) is 0.990. The normalized spacial score (nSPS) is 24.4. The minimum atomic E-state index is -0.927. The van der Waals surface area contributed by atoms with Crippen molar-refractivity contribution in [2.75, 3.05) is 13.2 Å². The zero-order valence-electron chi connectivity index (χ0n) is 17.0. The van der Waals surface area contributed by atoms with E-state index in [0.29, 0.717) is 12.8 Å². The van der Waals surface area contributed by atoms with Crippen molar-refractivity contribution in [1.29, 1.82) is 0 Å². The number of esters is 1. The lowest BCUT2D eigenvalue weighted by molar-refractivity contribution is -0.149. The number of aliphatic hydroxyl groups is 1. The molecular weight excluding hydrogens is 372 g/mol. The quantitative estimate of drug-likeness (QED) is 0.392. The highest BCUT2D eigenvalue weighted by Crippen LogP contribution is 2.13. The standard InChI is InChI=1S/C22H30N2O5/c1-15-8-6-7-11-19(20(26)23-16(2)13-25)21(27)24-18(14-29-22(15)28)12-17-9-4-3-5-10-17/h3-7,9-10,15-16,18-19,25H,8,11-14H2,1-2H3,(H,23,26)(H,24,27)/t15?,16-,18?,19?/m1/s1. The van der Waals surface area contributed by atoms with Gasteiger partial charge in [-0.25, -0.2) is 0 Å². The number of nitrogens with one attached hydrogen (secondary N) is 2. The monoisotopic (exact) mass is 402 g/mol. The summed E-state index contributed by atoms with van der Waals surface area (Å²) in [4.78, 5) is 37.6. The Labute approximate surface area is 171 Å². The Morgan fingerprint density at radius 3 is 2.62 bits per heavy atom. The van der Waals surface area contributed by atoms with E-state index < -0.39 is 29.8 Å². The third-order valence-electron chi connectivity index (χ3n) is 4.82. The number of allylic oxidation sites excluding steroid dienone is 2. The maximum absolute atomic E-state index is 12.9. The van der Waals surface area contributed by atoms with Gasteiger partial charge >= 0.3 is 5.97 Å². The summed E-state index contributed by atoms with van der Waals surface area (Å²) in [7, 11) is 0. The molecule has 1 aromatic carbocycles. The van der Waals surface area contributed by atoms with Gasteiger partial charge in [0, 0.05) is 6.04 Å². The first kappa shape index (κ1) is 22.6. The molecule has 0 bridgehead atoms. The molecule has 1 aromatic rings. The lowest BCUT2D eigenvalue weighted by atomic mass is 9.99. The summed E-state index contributed by atoms with van der Waals surface area (Å²) < 4.78 is 5.42. The Balaban J connectivity index is 2.20. The number of rotatable bonds is 5. The SMILES string of the molecule is CC1CC=CCC(C(=O)N[C@H](C)CO)C(=O)NC(Cc2ccccc2)COC1=O. The molecule has 0 fully saturated rings. The van der Waals surface area contributed by atoms with Crippen LogP contribution in [0.15, 0.2) is 42.5 Å². The van der Waals surface area contributed by atoms with Gasteiger partial charge in [0.1, 0.15) is 12.5 Å².